The molecule has 1 amide bonds. The van der Waals surface area contributed by atoms with E-state index in [1.807, 2.05) is 0 Å². The van der Waals surface area contributed by atoms with Crippen LogP contribution in [-0.4, -0.2) is 22.2 Å². The Labute approximate surface area is 66.1 Å². The van der Waals surface area contributed by atoms with E-state index in [2.05, 4.69) is 5.32 Å². The minimum absolute atomic E-state index is 0.211. The molecule has 0 aromatic heterocycles. The van der Waals surface area contributed by atoms with Crippen molar-refractivity contribution in [3.8, 4) is 0 Å². The van der Waals surface area contributed by atoms with Crippen LogP contribution in [0.1, 0.15) is 27.7 Å². The second kappa shape index (κ2) is 1.95. The second-order valence-electron chi connectivity index (χ2n) is 3.87. The van der Waals surface area contributed by atoms with Crippen LogP contribution >= 0.6 is 0 Å². The van der Waals surface area contributed by atoms with Crippen molar-refractivity contribution in [2.75, 3.05) is 0 Å². The molecule has 0 aromatic rings. The molecular weight excluding hydrogens is 144 g/mol. The summed E-state index contributed by atoms with van der Waals surface area (Å²) >= 11 is 0. The van der Waals surface area contributed by atoms with E-state index in [1.54, 1.807) is 27.7 Å². The summed E-state index contributed by atoms with van der Waals surface area (Å²) in [7, 11) is 0. The fourth-order valence-electron chi connectivity index (χ4n) is 1.27. The highest BCUT2D eigenvalue weighted by molar-refractivity contribution is 5.88. The van der Waals surface area contributed by atoms with Crippen molar-refractivity contribution >= 4 is 5.91 Å². The van der Waals surface area contributed by atoms with E-state index in [4.69, 9.17) is 0 Å². The van der Waals surface area contributed by atoms with E-state index in [0.717, 1.165) is 5.06 Å². The predicted octanol–water partition coefficient (Wildman–Crippen LogP) is 0.431. The van der Waals surface area contributed by atoms with Gasteiger partial charge in [0.15, 0.2) is 0 Å². The maximum atomic E-state index is 11.4. The predicted molar refractivity (Wildman–Crippen MR) is 41.5 cm³/mol. The highest BCUT2D eigenvalue weighted by Crippen LogP contribution is 2.28. The Morgan fingerprint density at radius 1 is 1.36 bits per heavy atom. The van der Waals surface area contributed by atoms with Crippen molar-refractivity contribution < 1.29 is 4.79 Å². The van der Waals surface area contributed by atoms with Gasteiger partial charge in [-0.05, 0) is 27.7 Å². The zero-order valence-electron chi connectivity index (χ0n) is 7.26. The number of hydrogen-bond donors (Lipinski definition) is 1. The van der Waals surface area contributed by atoms with E-state index in [9.17, 15) is 10.0 Å². The average Bonchev–Trinajstić information content (AvgIpc) is 1.94. The summed E-state index contributed by atoms with van der Waals surface area (Å²) in [5.41, 5.74) is -1.69. The Morgan fingerprint density at radius 2 is 1.82 bits per heavy atom. The van der Waals surface area contributed by atoms with Crippen LogP contribution in [0.5, 0.6) is 0 Å². The molecule has 0 aliphatic carbocycles. The number of hydrogen-bond acceptors (Lipinski definition) is 3. The lowest BCUT2D eigenvalue weighted by molar-refractivity contribution is -0.124. The Morgan fingerprint density at radius 3 is 1.91 bits per heavy atom. The molecule has 64 valence electrons. The van der Waals surface area contributed by atoms with Crippen LogP contribution in [0.15, 0.2) is 0 Å². The first-order valence-corrected chi connectivity index (χ1v) is 3.58. The van der Waals surface area contributed by atoms with Gasteiger partial charge in [-0.15, -0.1) is 0 Å². The fraction of sp³-hybridized carbons (Fsp3) is 0.857. The van der Waals surface area contributed by atoms with Gasteiger partial charge in [-0.2, -0.15) is 0 Å². The normalized spacial score (nSPS) is 28.6. The molecule has 0 saturated carbocycles. The number of amides is 1. The molecule has 1 heterocycles. The van der Waals surface area contributed by atoms with Crippen molar-refractivity contribution in [2.45, 2.75) is 38.9 Å². The molecule has 1 aliphatic heterocycles. The third-order valence-electron chi connectivity index (χ3n) is 1.99. The topological polar surface area (TPSA) is 55.4 Å². The van der Waals surface area contributed by atoms with Crippen molar-refractivity contribution in [1.82, 2.24) is 10.4 Å². The minimum Gasteiger partial charge on any atom is -0.783 e. The van der Waals surface area contributed by atoms with Crippen LogP contribution < -0.4 is 5.32 Å². The molecule has 0 unspecified atom stereocenters. The van der Waals surface area contributed by atoms with Crippen molar-refractivity contribution in [1.29, 1.82) is 0 Å². The number of nitrogens with one attached hydrogen (secondary N) is 1. The summed E-state index contributed by atoms with van der Waals surface area (Å²) < 4.78 is 0. The SMILES string of the molecule is CC1(C)NC(=O)C(C)(C)N1[O-]. The average molecular weight is 157 g/mol. The zero-order valence-corrected chi connectivity index (χ0v) is 7.26. The summed E-state index contributed by atoms with van der Waals surface area (Å²) in [6, 6.07) is 0. The fourth-order valence-corrected chi connectivity index (χ4v) is 1.27. The van der Waals surface area contributed by atoms with Gasteiger partial charge in [0, 0.05) is 0 Å². The first-order chi connectivity index (χ1) is 4.78. The Bertz CT molecular complexity index is 199. The Hall–Kier alpha value is -0.610. The van der Waals surface area contributed by atoms with Crippen molar-refractivity contribution in [3.63, 3.8) is 0 Å². The van der Waals surface area contributed by atoms with Crippen LogP contribution in [0.25, 0.3) is 0 Å². The molecule has 1 aliphatic rings. The van der Waals surface area contributed by atoms with Gasteiger partial charge < -0.3 is 15.6 Å². The van der Waals surface area contributed by atoms with Crippen LogP contribution in [0.3, 0.4) is 0 Å². The van der Waals surface area contributed by atoms with Gasteiger partial charge in [-0.1, -0.05) is 0 Å². The number of nitrogens with zero attached hydrogens (tertiary/aromatic N) is 1. The molecule has 11 heavy (non-hydrogen) atoms. The van der Waals surface area contributed by atoms with Gasteiger partial charge in [-0.3, -0.25) is 4.79 Å². The first-order valence-electron chi connectivity index (χ1n) is 3.58. The van der Waals surface area contributed by atoms with Gasteiger partial charge >= 0.3 is 0 Å². The third kappa shape index (κ3) is 1.02. The van der Waals surface area contributed by atoms with Gasteiger partial charge in [-0.25, -0.2) is 0 Å². The lowest BCUT2D eigenvalue weighted by atomic mass is 10.1. The van der Waals surface area contributed by atoms with E-state index in [1.165, 1.54) is 0 Å². The van der Waals surface area contributed by atoms with Crippen LogP contribution in [0.4, 0.5) is 0 Å². The molecule has 1 fully saturated rings. The van der Waals surface area contributed by atoms with E-state index < -0.39 is 11.2 Å². The molecule has 0 atom stereocenters. The summed E-state index contributed by atoms with van der Waals surface area (Å²) in [4.78, 5) is 11.2. The van der Waals surface area contributed by atoms with Gasteiger partial charge in [0.05, 0.1) is 11.2 Å². The quantitative estimate of drug-likeness (QED) is 0.554. The first kappa shape index (κ1) is 8.49. The molecule has 4 heteroatoms. The maximum absolute atomic E-state index is 11.4. The maximum Gasteiger partial charge on any atom is 0.240 e. The van der Waals surface area contributed by atoms with Crippen LogP contribution in [0, 0.1) is 5.21 Å². The molecule has 0 bridgehead atoms. The van der Waals surface area contributed by atoms with E-state index in [0.29, 0.717) is 0 Å². The standard InChI is InChI=1S/C7H13N2O2/c1-6(2)5(10)8-7(3,4)9(6)11/h1-4H3,(H,8,10)/q-1. The molecule has 1 rings (SSSR count). The van der Waals surface area contributed by atoms with E-state index in [-0.39, 0.29) is 5.91 Å². The molecular formula is C7H13N2O2-. The van der Waals surface area contributed by atoms with Crippen LogP contribution in [0.2, 0.25) is 0 Å². The summed E-state index contributed by atoms with van der Waals surface area (Å²) in [5.74, 6) is -0.211. The van der Waals surface area contributed by atoms with Crippen molar-refractivity contribution in [3.05, 3.63) is 5.21 Å². The van der Waals surface area contributed by atoms with Gasteiger partial charge in [0.1, 0.15) is 0 Å². The lowest BCUT2D eigenvalue weighted by Crippen LogP contribution is -2.47. The number of carbonyl (C=O) groups excluding carboxylic acids is 1. The number of hydroxylamine groups is 2. The summed E-state index contributed by atoms with van der Waals surface area (Å²) in [5, 5.41) is 14.8. The molecule has 0 aromatic carbocycles. The second-order valence-corrected chi connectivity index (χ2v) is 3.87. The van der Waals surface area contributed by atoms with Gasteiger partial charge in [0.25, 0.3) is 0 Å². The number of rotatable bonds is 0. The van der Waals surface area contributed by atoms with Crippen LogP contribution in [-0.2, 0) is 4.79 Å². The lowest BCUT2D eigenvalue weighted by Gasteiger charge is -2.43. The van der Waals surface area contributed by atoms with Crippen molar-refractivity contribution in [2.24, 2.45) is 0 Å². The highest BCUT2D eigenvalue weighted by atomic mass is 16.5. The minimum atomic E-state index is -0.927. The molecule has 4 nitrogen and oxygen atoms in total. The zero-order chi connectivity index (χ0) is 8.86. The molecule has 0 spiro atoms. The molecule has 0 radical (unpaired) electrons. The Balaban J connectivity index is 2.98. The smallest absolute Gasteiger partial charge is 0.240 e. The highest BCUT2D eigenvalue weighted by Gasteiger charge is 2.45. The monoisotopic (exact) mass is 157 g/mol. The molecule has 1 saturated heterocycles. The molecule has 1 N–H and O–H groups in total. The number of carbonyl (C=O) groups is 1. The Kier molecular flexibility index (Phi) is 1.51. The van der Waals surface area contributed by atoms with Gasteiger partial charge in [0.2, 0.25) is 5.91 Å². The summed E-state index contributed by atoms with van der Waals surface area (Å²) in [6.45, 7) is 6.60. The largest absolute Gasteiger partial charge is 0.783 e. The summed E-state index contributed by atoms with van der Waals surface area (Å²) in [6.07, 6.45) is 0. The third-order valence-corrected chi connectivity index (χ3v) is 1.99. The van der Waals surface area contributed by atoms with E-state index >= 15 is 0 Å².